The minimum atomic E-state index is -0.770. The Bertz CT molecular complexity index is 822. The highest BCUT2D eigenvalue weighted by atomic mass is 79.9. The number of ether oxygens (including phenoxy) is 1. The first-order chi connectivity index (χ1) is 12.4. The molecule has 0 spiro atoms. The lowest BCUT2D eigenvalue weighted by Gasteiger charge is -2.12. The molecular weight excluding hydrogens is 402 g/mol. The third kappa shape index (κ3) is 5.32. The fourth-order valence-electron chi connectivity index (χ4n) is 1.96. The molecule has 7 nitrogen and oxygen atoms in total. The van der Waals surface area contributed by atoms with Crippen molar-refractivity contribution in [2.75, 3.05) is 7.11 Å². The summed E-state index contributed by atoms with van der Waals surface area (Å²) in [4.78, 5) is 24.1. The lowest BCUT2D eigenvalue weighted by Crippen LogP contribution is -2.43. The molecule has 0 aliphatic carbocycles. The van der Waals surface area contributed by atoms with Crippen LogP contribution in [0.4, 0.5) is 0 Å². The Hall–Kier alpha value is -2.87. The van der Waals surface area contributed by atoms with Gasteiger partial charge in [-0.05, 0) is 70.9 Å². The molecule has 0 saturated heterocycles. The average Bonchev–Trinajstić information content (AvgIpc) is 2.64. The molecule has 2 rings (SSSR count). The Morgan fingerprint density at radius 2 is 1.92 bits per heavy atom. The Morgan fingerprint density at radius 1 is 1.23 bits per heavy atom. The van der Waals surface area contributed by atoms with E-state index in [0.29, 0.717) is 21.3 Å². The maximum absolute atomic E-state index is 12.1. The van der Waals surface area contributed by atoms with Crippen LogP contribution in [0.5, 0.6) is 11.5 Å². The number of hydrogen-bond donors (Lipinski definition) is 3. The normalized spacial score (nSPS) is 11.8. The Labute approximate surface area is 159 Å². The fraction of sp³-hybridized carbons (Fsp3) is 0.167. The Kier molecular flexibility index (Phi) is 6.74. The first-order valence-corrected chi connectivity index (χ1v) is 8.46. The van der Waals surface area contributed by atoms with Crippen LogP contribution in [0, 0.1) is 0 Å². The van der Waals surface area contributed by atoms with Crippen LogP contribution in [0.25, 0.3) is 0 Å². The maximum atomic E-state index is 12.1. The molecular formula is C18H18BrN3O4. The topological polar surface area (TPSA) is 100 Å². The summed E-state index contributed by atoms with van der Waals surface area (Å²) in [7, 11) is 1.54. The minimum absolute atomic E-state index is 0.112. The zero-order valence-electron chi connectivity index (χ0n) is 14.2. The van der Waals surface area contributed by atoms with Crippen LogP contribution in [0.3, 0.4) is 0 Å². The van der Waals surface area contributed by atoms with E-state index in [9.17, 15) is 14.7 Å². The van der Waals surface area contributed by atoms with E-state index in [0.717, 1.165) is 0 Å². The van der Waals surface area contributed by atoms with Gasteiger partial charge in [-0.1, -0.05) is 0 Å². The van der Waals surface area contributed by atoms with Crippen LogP contribution < -0.4 is 15.5 Å². The van der Waals surface area contributed by atoms with Crippen LogP contribution in [-0.2, 0) is 4.79 Å². The molecule has 0 fully saturated rings. The van der Waals surface area contributed by atoms with E-state index in [1.165, 1.54) is 12.3 Å². The van der Waals surface area contributed by atoms with E-state index in [4.69, 9.17) is 4.74 Å². The highest BCUT2D eigenvalue weighted by molar-refractivity contribution is 9.10. The number of halogens is 1. The van der Waals surface area contributed by atoms with Crippen LogP contribution in [0.15, 0.2) is 52.0 Å². The Balaban J connectivity index is 1.88. The summed E-state index contributed by atoms with van der Waals surface area (Å²) in [6.07, 6.45) is 1.43. The SMILES string of the molecule is COc1ccc(C(=O)NC(C)C(=O)N/N=C/c2ccc(O)c(Br)c2)cc1. The standard InChI is InChI=1S/C18H18BrN3O4/c1-11(21-18(25)13-4-6-14(26-2)7-5-13)17(24)22-20-10-12-3-8-16(23)15(19)9-12/h3-11,23H,1-2H3,(H,21,25)(H,22,24)/b20-10+. The van der Waals surface area contributed by atoms with E-state index < -0.39 is 11.9 Å². The molecule has 0 radical (unpaired) electrons. The largest absolute Gasteiger partial charge is 0.507 e. The second-order valence-electron chi connectivity index (χ2n) is 5.37. The van der Waals surface area contributed by atoms with Crippen LogP contribution >= 0.6 is 15.9 Å². The summed E-state index contributed by atoms with van der Waals surface area (Å²) in [5.41, 5.74) is 3.46. The summed E-state index contributed by atoms with van der Waals surface area (Å²) < 4.78 is 5.56. The van der Waals surface area contributed by atoms with E-state index in [-0.39, 0.29) is 11.7 Å². The van der Waals surface area contributed by atoms with Crippen molar-refractivity contribution < 1.29 is 19.4 Å². The summed E-state index contributed by atoms with van der Waals surface area (Å²) in [5, 5.41) is 15.9. The predicted octanol–water partition coefficient (Wildman–Crippen LogP) is 2.43. The Morgan fingerprint density at radius 3 is 2.54 bits per heavy atom. The van der Waals surface area contributed by atoms with Gasteiger partial charge in [0.1, 0.15) is 17.5 Å². The number of carbonyl (C=O) groups excluding carboxylic acids is 2. The maximum Gasteiger partial charge on any atom is 0.262 e. The van der Waals surface area contributed by atoms with Crippen molar-refractivity contribution in [3.05, 3.63) is 58.1 Å². The third-order valence-corrected chi connectivity index (χ3v) is 4.09. The molecule has 26 heavy (non-hydrogen) atoms. The van der Waals surface area contributed by atoms with Gasteiger partial charge in [0.15, 0.2) is 0 Å². The molecule has 1 atom stereocenters. The van der Waals surface area contributed by atoms with Crippen LogP contribution in [-0.4, -0.2) is 36.3 Å². The number of hydrazone groups is 1. The molecule has 2 aromatic carbocycles. The summed E-state index contributed by atoms with van der Waals surface area (Å²) >= 11 is 3.19. The van der Waals surface area contributed by atoms with Gasteiger partial charge in [0.2, 0.25) is 0 Å². The van der Waals surface area contributed by atoms with Crippen molar-refractivity contribution in [2.24, 2.45) is 5.10 Å². The minimum Gasteiger partial charge on any atom is -0.507 e. The molecule has 136 valence electrons. The van der Waals surface area contributed by atoms with Crippen molar-refractivity contribution in [1.29, 1.82) is 0 Å². The van der Waals surface area contributed by atoms with Crippen molar-refractivity contribution >= 4 is 34.0 Å². The van der Waals surface area contributed by atoms with Gasteiger partial charge in [0.25, 0.3) is 11.8 Å². The van der Waals surface area contributed by atoms with E-state index in [1.807, 2.05) is 0 Å². The van der Waals surface area contributed by atoms with Gasteiger partial charge in [0, 0.05) is 5.56 Å². The predicted molar refractivity (Wildman–Crippen MR) is 101 cm³/mol. The summed E-state index contributed by atoms with van der Waals surface area (Å²) in [6, 6.07) is 10.6. The number of carbonyl (C=O) groups is 2. The molecule has 0 aromatic heterocycles. The molecule has 0 bridgehead atoms. The van der Waals surface area contributed by atoms with E-state index in [1.54, 1.807) is 50.4 Å². The van der Waals surface area contributed by atoms with Crippen molar-refractivity contribution in [3.63, 3.8) is 0 Å². The van der Waals surface area contributed by atoms with Crippen LogP contribution in [0.2, 0.25) is 0 Å². The molecule has 0 saturated carbocycles. The monoisotopic (exact) mass is 419 g/mol. The van der Waals surface area contributed by atoms with Gasteiger partial charge in [-0.3, -0.25) is 9.59 Å². The first-order valence-electron chi connectivity index (χ1n) is 7.67. The molecule has 2 amide bonds. The van der Waals surface area contributed by atoms with Gasteiger partial charge in [-0.15, -0.1) is 0 Å². The number of phenols is 1. The van der Waals surface area contributed by atoms with E-state index >= 15 is 0 Å². The number of hydrogen-bond acceptors (Lipinski definition) is 5. The van der Waals surface area contributed by atoms with Crippen molar-refractivity contribution in [2.45, 2.75) is 13.0 Å². The quantitative estimate of drug-likeness (QED) is 0.494. The summed E-state index contributed by atoms with van der Waals surface area (Å²) in [5.74, 6) is -0.0775. The number of nitrogens with one attached hydrogen (secondary N) is 2. The zero-order valence-corrected chi connectivity index (χ0v) is 15.8. The molecule has 3 N–H and O–H groups in total. The highest BCUT2D eigenvalue weighted by Gasteiger charge is 2.16. The molecule has 0 aliphatic rings. The molecule has 8 heteroatoms. The average molecular weight is 420 g/mol. The van der Waals surface area contributed by atoms with Gasteiger partial charge in [-0.2, -0.15) is 5.10 Å². The lowest BCUT2D eigenvalue weighted by molar-refractivity contribution is -0.122. The van der Waals surface area contributed by atoms with Gasteiger partial charge in [0.05, 0.1) is 17.8 Å². The molecule has 2 aromatic rings. The van der Waals surface area contributed by atoms with Gasteiger partial charge >= 0.3 is 0 Å². The van der Waals surface area contributed by atoms with Crippen LogP contribution in [0.1, 0.15) is 22.8 Å². The van der Waals surface area contributed by atoms with E-state index in [2.05, 4.69) is 31.8 Å². The number of nitrogens with zero attached hydrogens (tertiary/aromatic N) is 1. The van der Waals surface area contributed by atoms with Gasteiger partial charge in [-0.25, -0.2) is 5.43 Å². The van der Waals surface area contributed by atoms with Gasteiger partial charge < -0.3 is 15.2 Å². The number of benzene rings is 2. The second kappa shape index (κ2) is 9.00. The lowest BCUT2D eigenvalue weighted by atomic mass is 10.2. The number of phenolic OH excluding ortho intramolecular Hbond substituents is 1. The smallest absolute Gasteiger partial charge is 0.262 e. The first kappa shape index (κ1) is 19.5. The molecule has 0 heterocycles. The number of methoxy groups -OCH3 is 1. The number of amides is 2. The zero-order chi connectivity index (χ0) is 19.1. The fourth-order valence-corrected chi connectivity index (χ4v) is 2.36. The number of aromatic hydroxyl groups is 1. The van der Waals surface area contributed by atoms with Crippen molar-refractivity contribution in [3.8, 4) is 11.5 Å². The highest BCUT2D eigenvalue weighted by Crippen LogP contribution is 2.23. The summed E-state index contributed by atoms with van der Waals surface area (Å²) in [6.45, 7) is 1.56. The number of rotatable bonds is 6. The molecule has 0 aliphatic heterocycles. The van der Waals surface area contributed by atoms with Crippen molar-refractivity contribution in [1.82, 2.24) is 10.7 Å². The second-order valence-corrected chi connectivity index (χ2v) is 6.22. The third-order valence-electron chi connectivity index (χ3n) is 3.45. The molecule has 1 unspecified atom stereocenters.